The van der Waals surface area contributed by atoms with Gasteiger partial charge in [-0.3, -0.25) is 4.79 Å². The minimum Gasteiger partial charge on any atom is -0.496 e. The Labute approximate surface area is 169 Å². The quantitative estimate of drug-likeness (QED) is 0.611. The molecule has 29 heavy (non-hydrogen) atoms. The minimum atomic E-state index is -0.383. The second-order valence-corrected chi connectivity index (χ2v) is 6.48. The Balaban J connectivity index is 1.61. The maximum Gasteiger partial charge on any atom is 0.270 e. The first-order valence-corrected chi connectivity index (χ1v) is 9.30. The predicted octanol–water partition coefficient (Wildman–Crippen LogP) is 3.52. The number of ether oxygens (including phenoxy) is 1. The van der Waals surface area contributed by atoms with Crippen LogP contribution in [0.1, 0.15) is 27.3 Å². The highest BCUT2D eigenvalue weighted by atomic mass is 19.1. The van der Waals surface area contributed by atoms with Gasteiger partial charge in [0.25, 0.3) is 5.91 Å². The highest BCUT2D eigenvalue weighted by molar-refractivity contribution is 5.92. The standard InChI is InChI=1S/C22H23FN4O2/c1-15-13-19(21(28)25-14-17-8-3-5-9-18(17)23)27-22(26-15)24-12-11-16-7-4-6-10-20(16)29-2/h3-10,13H,11-12,14H2,1-2H3,(H,25,28)(H,24,26,27). The van der Waals surface area contributed by atoms with Crippen LogP contribution in [0.3, 0.4) is 0 Å². The van der Waals surface area contributed by atoms with Crippen molar-refractivity contribution in [3.63, 3.8) is 0 Å². The Morgan fingerprint density at radius 3 is 2.55 bits per heavy atom. The van der Waals surface area contributed by atoms with Crippen LogP contribution in [-0.4, -0.2) is 29.5 Å². The van der Waals surface area contributed by atoms with Crippen LogP contribution < -0.4 is 15.4 Å². The van der Waals surface area contributed by atoms with Gasteiger partial charge in [0.1, 0.15) is 17.3 Å². The number of rotatable bonds is 8. The first-order valence-electron chi connectivity index (χ1n) is 9.30. The van der Waals surface area contributed by atoms with Crippen LogP contribution in [0.4, 0.5) is 10.3 Å². The number of nitrogens with zero attached hydrogens (tertiary/aromatic N) is 2. The van der Waals surface area contributed by atoms with Crippen molar-refractivity contribution >= 4 is 11.9 Å². The van der Waals surface area contributed by atoms with Crippen LogP contribution >= 0.6 is 0 Å². The maximum absolute atomic E-state index is 13.7. The number of amides is 1. The number of carbonyl (C=O) groups is 1. The number of benzene rings is 2. The summed E-state index contributed by atoms with van der Waals surface area (Å²) in [5.74, 6) is 0.459. The Morgan fingerprint density at radius 1 is 1.07 bits per heavy atom. The molecule has 1 aromatic heterocycles. The zero-order valence-corrected chi connectivity index (χ0v) is 16.4. The molecule has 0 aliphatic rings. The molecule has 0 fully saturated rings. The zero-order valence-electron chi connectivity index (χ0n) is 16.4. The van der Waals surface area contributed by atoms with E-state index in [4.69, 9.17) is 4.74 Å². The van der Waals surface area contributed by atoms with E-state index in [9.17, 15) is 9.18 Å². The van der Waals surface area contributed by atoms with E-state index < -0.39 is 0 Å². The van der Waals surface area contributed by atoms with Crippen molar-refractivity contribution in [1.82, 2.24) is 15.3 Å². The molecule has 0 bridgehead atoms. The second kappa shape index (κ2) is 9.64. The molecular weight excluding hydrogens is 371 g/mol. The third kappa shape index (κ3) is 5.51. The van der Waals surface area contributed by atoms with Gasteiger partial charge in [-0.15, -0.1) is 0 Å². The number of para-hydroxylation sites is 1. The maximum atomic E-state index is 13.7. The molecule has 0 saturated heterocycles. The molecule has 0 spiro atoms. The van der Waals surface area contributed by atoms with E-state index in [0.717, 1.165) is 17.7 Å². The molecule has 0 unspecified atom stereocenters. The number of aromatic nitrogens is 2. The third-order valence-electron chi connectivity index (χ3n) is 4.35. The number of hydrogen-bond acceptors (Lipinski definition) is 5. The molecule has 0 saturated carbocycles. The lowest BCUT2D eigenvalue weighted by molar-refractivity contribution is 0.0945. The third-order valence-corrected chi connectivity index (χ3v) is 4.35. The van der Waals surface area contributed by atoms with Crippen LogP contribution in [0.25, 0.3) is 0 Å². The Kier molecular flexibility index (Phi) is 6.73. The topological polar surface area (TPSA) is 76.1 Å². The predicted molar refractivity (Wildman–Crippen MR) is 110 cm³/mol. The summed E-state index contributed by atoms with van der Waals surface area (Å²) in [7, 11) is 1.64. The molecule has 0 aliphatic heterocycles. The highest BCUT2D eigenvalue weighted by Crippen LogP contribution is 2.17. The zero-order chi connectivity index (χ0) is 20.6. The molecular formula is C22H23FN4O2. The normalized spacial score (nSPS) is 10.4. The second-order valence-electron chi connectivity index (χ2n) is 6.48. The van der Waals surface area contributed by atoms with Gasteiger partial charge >= 0.3 is 0 Å². The Hall–Kier alpha value is -3.48. The van der Waals surface area contributed by atoms with Gasteiger partial charge in [-0.2, -0.15) is 0 Å². The van der Waals surface area contributed by atoms with Crippen molar-refractivity contribution in [2.45, 2.75) is 19.9 Å². The van der Waals surface area contributed by atoms with Crippen LogP contribution in [0.2, 0.25) is 0 Å². The lowest BCUT2D eigenvalue weighted by Gasteiger charge is -2.11. The van der Waals surface area contributed by atoms with Gasteiger partial charge in [0.05, 0.1) is 7.11 Å². The van der Waals surface area contributed by atoms with E-state index in [1.54, 1.807) is 38.3 Å². The van der Waals surface area contributed by atoms with Crippen LogP contribution in [0, 0.1) is 12.7 Å². The fourth-order valence-corrected chi connectivity index (χ4v) is 2.89. The fraction of sp³-hybridized carbons (Fsp3) is 0.227. The largest absolute Gasteiger partial charge is 0.496 e. The van der Waals surface area contributed by atoms with E-state index in [0.29, 0.717) is 23.8 Å². The van der Waals surface area contributed by atoms with E-state index in [1.165, 1.54) is 6.07 Å². The summed E-state index contributed by atoms with van der Waals surface area (Å²) in [6.45, 7) is 2.46. The molecule has 7 heteroatoms. The van der Waals surface area contributed by atoms with Crippen molar-refractivity contribution in [1.29, 1.82) is 0 Å². The fourth-order valence-electron chi connectivity index (χ4n) is 2.89. The smallest absolute Gasteiger partial charge is 0.270 e. The number of aryl methyl sites for hydroxylation is 1. The van der Waals surface area contributed by atoms with Gasteiger partial charge in [-0.05, 0) is 37.1 Å². The molecule has 1 heterocycles. The SMILES string of the molecule is COc1ccccc1CCNc1nc(C)cc(C(=O)NCc2ccccc2F)n1. The number of anilines is 1. The Morgan fingerprint density at radius 2 is 1.79 bits per heavy atom. The van der Waals surface area contributed by atoms with Crippen molar-refractivity contribution in [2.75, 3.05) is 19.0 Å². The summed E-state index contributed by atoms with van der Waals surface area (Å²) in [5.41, 5.74) is 2.38. The van der Waals surface area contributed by atoms with Gasteiger partial charge in [-0.1, -0.05) is 36.4 Å². The first-order chi connectivity index (χ1) is 14.1. The monoisotopic (exact) mass is 394 g/mol. The summed E-state index contributed by atoms with van der Waals surface area (Å²) < 4.78 is 19.1. The number of nitrogens with one attached hydrogen (secondary N) is 2. The average Bonchev–Trinajstić information content (AvgIpc) is 2.73. The summed E-state index contributed by atoms with van der Waals surface area (Å²) >= 11 is 0. The first kappa shape index (κ1) is 20.3. The lowest BCUT2D eigenvalue weighted by Crippen LogP contribution is -2.25. The summed E-state index contributed by atoms with van der Waals surface area (Å²) in [6.07, 6.45) is 0.718. The van der Waals surface area contributed by atoms with Gasteiger partial charge < -0.3 is 15.4 Å². The van der Waals surface area contributed by atoms with E-state index >= 15 is 0 Å². The number of hydrogen-bond donors (Lipinski definition) is 2. The van der Waals surface area contributed by atoms with E-state index in [2.05, 4.69) is 20.6 Å². The van der Waals surface area contributed by atoms with Gasteiger partial charge in [0.2, 0.25) is 5.95 Å². The van der Waals surface area contributed by atoms with Crippen LogP contribution in [0.15, 0.2) is 54.6 Å². The molecule has 0 radical (unpaired) electrons. The van der Waals surface area contributed by atoms with Crippen molar-refractivity contribution < 1.29 is 13.9 Å². The van der Waals surface area contributed by atoms with Gasteiger partial charge in [0.15, 0.2) is 0 Å². The molecule has 1 amide bonds. The number of methoxy groups -OCH3 is 1. The van der Waals surface area contributed by atoms with Crippen molar-refractivity contribution in [3.05, 3.63) is 82.9 Å². The average molecular weight is 394 g/mol. The molecule has 0 atom stereocenters. The highest BCUT2D eigenvalue weighted by Gasteiger charge is 2.12. The van der Waals surface area contributed by atoms with Crippen molar-refractivity contribution in [3.8, 4) is 5.75 Å². The summed E-state index contributed by atoms with van der Waals surface area (Å²) in [5, 5.41) is 5.84. The lowest BCUT2D eigenvalue weighted by atomic mass is 10.1. The molecule has 2 aromatic carbocycles. The molecule has 150 valence electrons. The molecule has 3 aromatic rings. The Bertz CT molecular complexity index is 994. The summed E-state index contributed by atoms with van der Waals surface area (Å²) in [6, 6.07) is 15.7. The molecule has 6 nitrogen and oxygen atoms in total. The molecule has 0 aliphatic carbocycles. The van der Waals surface area contributed by atoms with E-state index in [1.807, 2.05) is 24.3 Å². The van der Waals surface area contributed by atoms with Crippen molar-refractivity contribution in [2.24, 2.45) is 0 Å². The van der Waals surface area contributed by atoms with E-state index in [-0.39, 0.29) is 24.0 Å². The molecule has 3 rings (SSSR count). The molecule has 2 N–H and O–H groups in total. The number of carbonyl (C=O) groups excluding carboxylic acids is 1. The van der Waals surface area contributed by atoms with Crippen LogP contribution in [-0.2, 0) is 13.0 Å². The van der Waals surface area contributed by atoms with Gasteiger partial charge in [0, 0.05) is 24.3 Å². The van der Waals surface area contributed by atoms with Crippen LogP contribution in [0.5, 0.6) is 5.75 Å². The number of halogens is 1. The summed E-state index contributed by atoms with van der Waals surface area (Å²) in [4.78, 5) is 21.1. The minimum absolute atomic E-state index is 0.0884. The van der Waals surface area contributed by atoms with Gasteiger partial charge in [-0.25, -0.2) is 14.4 Å².